The average molecular weight is 244 g/mol. The van der Waals surface area contributed by atoms with E-state index in [9.17, 15) is 4.79 Å². The number of nitrogens with one attached hydrogen (secondary N) is 1. The molecule has 0 unspecified atom stereocenters. The van der Waals surface area contributed by atoms with Crippen LogP contribution in [0.1, 0.15) is 13.8 Å². The number of halogens is 1. The first kappa shape index (κ1) is 12.2. The molecule has 1 aromatic rings. The molecule has 0 aromatic heterocycles. The highest BCUT2D eigenvalue weighted by molar-refractivity contribution is 9.10. The monoisotopic (exact) mass is 243 g/mol. The summed E-state index contributed by atoms with van der Waals surface area (Å²) >= 11 is 3.31. The number of carbonyl (C=O) groups excluding carboxylic acids is 1. The van der Waals surface area contributed by atoms with Gasteiger partial charge in [0, 0.05) is 17.9 Å². The molecule has 0 fully saturated rings. The molecule has 0 aliphatic heterocycles. The van der Waals surface area contributed by atoms with Crippen molar-refractivity contribution >= 4 is 21.8 Å². The van der Waals surface area contributed by atoms with Crippen molar-refractivity contribution in [3.63, 3.8) is 0 Å². The lowest BCUT2D eigenvalue weighted by Gasteiger charge is -1.88. The second-order valence-corrected chi connectivity index (χ2v) is 3.30. The fraction of sp³-hybridized carbons (Fsp3) is 0.300. The van der Waals surface area contributed by atoms with Crippen molar-refractivity contribution in [1.82, 2.24) is 5.32 Å². The van der Waals surface area contributed by atoms with E-state index in [2.05, 4.69) is 21.2 Å². The SMILES string of the molecule is Brc1ccccc1.CCNC(C)=O. The van der Waals surface area contributed by atoms with Crippen LogP contribution in [0.2, 0.25) is 0 Å². The van der Waals surface area contributed by atoms with Crippen molar-refractivity contribution in [1.29, 1.82) is 0 Å². The van der Waals surface area contributed by atoms with Gasteiger partial charge in [0.15, 0.2) is 0 Å². The van der Waals surface area contributed by atoms with Gasteiger partial charge in [0.1, 0.15) is 0 Å². The number of carbonyl (C=O) groups is 1. The van der Waals surface area contributed by atoms with Gasteiger partial charge >= 0.3 is 0 Å². The Morgan fingerprint density at radius 2 is 1.92 bits per heavy atom. The van der Waals surface area contributed by atoms with Crippen LogP contribution in [0.25, 0.3) is 0 Å². The molecule has 0 aliphatic rings. The van der Waals surface area contributed by atoms with E-state index < -0.39 is 0 Å². The zero-order chi connectivity index (χ0) is 10.1. The predicted molar refractivity (Wildman–Crippen MR) is 58.5 cm³/mol. The summed E-state index contributed by atoms with van der Waals surface area (Å²) in [6.07, 6.45) is 0. The molecule has 2 nitrogen and oxygen atoms in total. The molecule has 0 atom stereocenters. The summed E-state index contributed by atoms with van der Waals surface area (Å²) in [6, 6.07) is 9.97. The number of rotatable bonds is 1. The van der Waals surface area contributed by atoms with Crippen molar-refractivity contribution in [3.05, 3.63) is 34.8 Å². The molecular weight excluding hydrogens is 230 g/mol. The number of hydrogen-bond acceptors (Lipinski definition) is 1. The number of amides is 1. The lowest BCUT2D eigenvalue weighted by molar-refractivity contribution is -0.118. The summed E-state index contributed by atoms with van der Waals surface area (Å²) in [5, 5.41) is 2.57. The van der Waals surface area contributed by atoms with E-state index in [1.165, 1.54) is 6.92 Å². The van der Waals surface area contributed by atoms with E-state index in [-0.39, 0.29) is 5.91 Å². The maximum atomic E-state index is 9.93. The molecule has 1 aromatic carbocycles. The molecule has 1 rings (SSSR count). The molecule has 0 radical (unpaired) electrons. The molecule has 0 spiro atoms. The van der Waals surface area contributed by atoms with Gasteiger partial charge < -0.3 is 5.32 Å². The van der Waals surface area contributed by atoms with Crippen molar-refractivity contribution in [2.75, 3.05) is 6.54 Å². The smallest absolute Gasteiger partial charge is 0.216 e. The van der Waals surface area contributed by atoms with Crippen LogP contribution >= 0.6 is 15.9 Å². The van der Waals surface area contributed by atoms with E-state index in [0.717, 1.165) is 11.0 Å². The summed E-state index contributed by atoms with van der Waals surface area (Å²) in [6.45, 7) is 4.13. The molecule has 0 saturated heterocycles. The Balaban J connectivity index is 0.000000226. The quantitative estimate of drug-likeness (QED) is 0.808. The topological polar surface area (TPSA) is 29.1 Å². The van der Waals surface area contributed by atoms with Gasteiger partial charge in [-0.25, -0.2) is 0 Å². The molecular formula is C10H14BrNO. The van der Waals surface area contributed by atoms with Gasteiger partial charge in [0.25, 0.3) is 0 Å². The highest BCUT2D eigenvalue weighted by Crippen LogP contribution is 2.05. The Morgan fingerprint density at radius 3 is 2.08 bits per heavy atom. The first-order valence-electron chi connectivity index (χ1n) is 4.11. The highest BCUT2D eigenvalue weighted by Gasteiger charge is 1.79. The summed E-state index contributed by atoms with van der Waals surface area (Å²) in [7, 11) is 0. The Hall–Kier alpha value is -0.830. The van der Waals surface area contributed by atoms with Gasteiger partial charge in [-0.15, -0.1) is 0 Å². The van der Waals surface area contributed by atoms with Crippen LogP contribution in [-0.4, -0.2) is 12.5 Å². The molecule has 0 heterocycles. The van der Waals surface area contributed by atoms with Crippen LogP contribution in [0.5, 0.6) is 0 Å². The second kappa shape index (κ2) is 7.80. The third-order valence-corrected chi connectivity index (χ3v) is 1.69. The molecule has 3 heteroatoms. The minimum atomic E-state index is 0.0394. The lowest BCUT2D eigenvalue weighted by Crippen LogP contribution is -2.18. The van der Waals surface area contributed by atoms with Gasteiger partial charge in [-0.2, -0.15) is 0 Å². The molecule has 1 N–H and O–H groups in total. The molecule has 72 valence electrons. The van der Waals surface area contributed by atoms with Crippen molar-refractivity contribution in [2.45, 2.75) is 13.8 Å². The summed E-state index contributed by atoms with van der Waals surface area (Å²) in [4.78, 5) is 9.93. The second-order valence-electron chi connectivity index (χ2n) is 2.38. The van der Waals surface area contributed by atoms with E-state index in [4.69, 9.17) is 0 Å². The Morgan fingerprint density at radius 1 is 1.38 bits per heavy atom. The van der Waals surface area contributed by atoms with Crippen LogP contribution in [0.3, 0.4) is 0 Å². The lowest BCUT2D eigenvalue weighted by atomic mass is 10.4. The first-order valence-corrected chi connectivity index (χ1v) is 4.91. The highest BCUT2D eigenvalue weighted by atomic mass is 79.9. The van der Waals surface area contributed by atoms with Gasteiger partial charge in [-0.3, -0.25) is 4.79 Å². The Kier molecular flexibility index (Phi) is 7.30. The van der Waals surface area contributed by atoms with Gasteiger partial charge in [-0.05, 0) is 19.1 Å². The van der Waals surface area contributed by atoms with Crippen LogP contribution in [0.4, 0.5) is 0 Å². The largest absolute Gasteiger partial charge is 0.357 e. The van der Waals surface area contributed by atoms with Crippen LogP contribution in [0.15, 0.2) is 34.8 Å². The Bertz CT molecular complexity index is 236. The Labute approximate surface area is 87.5 Å². The van der Waals surface area contributed by atoms with Gasteiger partial charge in [0.2, 0.25) is 5.91 Å². The normalized spacial score (nSPS) is 8.23. The minimum absolute atomic E-state index is 0.0394. The zero-order valence-corrected chi connectivity index (χ0v) is 9.47. The predicted octanol–water partition coefficient (Wildman–Crippen LogP) is 2.59. The zero-order valence-electron chi connectivity index (χ0n) is 7.88. The average Bonchev–Trinajstić information content (AvgIpc) is 2.06. The number of hydrogen-bond donors (Lipinski definition) is 1. The van der Waals surface area contributed by atoms with Crippen molar-refractivity contribution in [2.24, 2.45) is 0 Å². The molecule has 0 aliphatic carbocycles. The molecule has 0 saturated carbocycles. The molecule has 1 amide bonds. The van der Waals surface area contributed by atoms with Crippen LogP contribution < -0.4 is 5.32 Å². The van der Waals surface area contributed by atoms with E-state index in [0.29, 0.717) is 0 Å². The summed E-state index contributed by atoms with van der Waals surface area (Å²) in [5.74, 6) is 0.0394. The fourth-order valence-electron chi connectivity index (χ4n) is 0.664. The number of benzene rings is 1. The fourth-order valence-corrected chi connectivity index (χ4v) is 0.969. The molecule has 13 heavy (non-hydrogen) atoms. The molecule has 0 bridgehead atoms. The third-order valence-electron chi connectivity index (χ3n) is 1.16. The van der Waals surface area contributed by atoms with Crippen molar-refractivity contribution < 1.29 is 4.79 Å². The summed E-state index contributed by atoms with van der Waals surface area (Å²) in [5.41, 5.74) is 0. The standard InChI is InChI=1S/C6H5Br.C4H9NO/c7-6-4-2-1-3-5-6;1-3-5-4(2)6/h1-5H;3H2,1-2H3,(H,5,6). The van der Waals surface area contributed by atoms with Gasteiger partial charge in [0.05, 0.1) is 0 Å². The van der Waals surface area contributed by atoms with E-state index in [1.54, 1.807) is 0 Å². The van der Waals surface area contributed by atoms with E-state index in [1.807, 2.05) is 37.3 Å². The van der Waals surface area contributed by atoms with Gasteiger partial charge in [-0.1, -0.05) is 34.1 Å². The van der Waals surface area contributed by atoms with Crippen LogP contribution in [0, 0.1) is 0 Å². The first-order chi connectivity index (χ1) is 6.16. The van der Waals surface area contributed by atoms with Crippen LogP contribution in [-0.2, 0) is 4.79 Å². The van der Waals surface area contributed by atoms with Crippen molar-refractivity contribution in [3.8, 4) is 0 Å². The maximum Gasteiger partial charge on any atom is 0.216 e. The summed E-state index contributed by atoms with van der Waals surface area (Å²) < 4.78 is 1.13. The third kappa shape index (κ3) is 9.08. The van der Waals surface area contributed by atoms with E-state index >= 15 is 0 Å². The minimum Gasteiger partial charge on any atom is -0.357 e. The maximum absolute atomic E-state index is 9.93.